The zero-order valence-electron chi connectivity index (χ0n) is 10.9. The Labute approximate surface area is 115 Å². The predicted octanol–water partition coefficient (Wildman–Crippen LogP) is 2.58. The fraction of sp³-hybridized carbons (Fsp3) is 0.143. The topological polar surface area (TPSA) is 94.9 Å². The van der Waals surface area contributed by atoms with Crippen LogP contribution in [0.15, 0.2) is 37.4 Å². The van der Waals surface area contributed by atoms with E-state index in [1.807, 2.05) is 0 Å². The minimum atomic E-state index is -0.510. The summed E-state index contributed by atoms with van der Waals surface area (Å²) < 4.78 is 0. The second-order valence-corrected chi connectivity index (χ2v) is 4.22. The van der Waals surface area contributed by atoms with Crippen molar-refractivity contribution in [3.8, 4) is 0 Å². The lowest BCUT2D eigenvalue weighted by atomic mass is 10.1. The van der Waals surface area contributed by atoms with Gasteiger partial charge in [0.15, 0.2) is 0 Å². The second kappa shape index (κ2) is 5.48. The van der Waals surface area contributed by atoms with Gasteiger partial charge in [-0.15, -0.1) is 13.2 Å². The van der Waals surface area contributed by atoms with Gasteiger partial charge in [-0.3, -0.25) is 10.1 Å². The zero-order valence-corrected chi connectivity index (χ0v) is 10.9. The Morgan fingerprint density at radius 2 is 1.95 bits per heavy atom. The van der Waals surface area contributed by atoms with Crippen LogP contribution in [0.4, 0.5) is 11.4 Å². The van der Waals surface area contributed by atoms with E-state index >= 15 is 0 Å². The molecule has 0 saturated heterocycles. The first-order valence-electron chi connectivity index (χ1n) is 6.02. The van der Waals surface area contributed by atoms with Crippen molar-refractivity contribution in [2.45, 2.75) is 12.8 Å². The van der Waals surface area contributed by atoms with Crippen molar-refractivity contribution in [2.75, 3.05) is 5.73 Å². The van der Waals surface area contributed by atoms with Crippen molar-refractivity contribution in [2.24, 2.45) is 0 Å². The predicted molar refractivity (Wildman–Crippen MR) is 78.4 cm³/mol. The van der Waals surface area contributed by atoms with Gasteiger partial charge in [0.2, 0.25) is 0 Å². The number of nitro groups is 1. The normalized spacial score (nSPS) is 10.4. The van der Waals surface area contributed by atoms with Crippen molar-refractivity contribution in [3.05, 3.63) is 59.1 Å². The number of anilines is 1. The van der Waals surface area contributed by atoms with Crippen molar-refractivity contribution >= 4 is 22.3 Å². The lowest BCUT2D eigenvalue weighted by Crippen LogP contribution is -2.04. The summed E-state index contributed by atoms with van der Waals surface area (Å²) in [7, 11) is 0. The minimum absolute atomic E-state index is 0.0921. The average Bonchev–Trinajstić information content (AvgIpc) is 2.39. The summed E-state index contributed by atoms with van der Waals surface area (Å²) in [5, 5.41) is 11.5. The fourth-order valence-corrected chi connectivity index (χ4v) is 2.03. The van der Waals surface area contributed by atoms with E-state index in [-0.39, 0.29) is 11.4 Å². The Morgan fingerprint density at radius 1 is 1.25 bits per heavy atom. The number of allylic oxidation sites excluding steroid dienone is 2. The molecule has 0 atom stereocenters. The maximum atomic E-state index is 11.0. The van der Waals surface area contributed by atoms with Gasteiger partial charge in [0.1, 0.15) is 11.5 Å². The lowest BCUT2D eigenvalue weighted by Gasteiger charge is -2.09. The summed E-state index contributed by atoms with van der Waals surface area (Å²) in [6.45, 7) is 7.32. The van der Waals surface area contributed by atoms with E-state index in [2.05, 4.69) is 23.1 Å². The Morgan fingerprint density at radius 3 is 2.55 bits per heavy atom. The Hall–Kier alpha value is -2.76. The average molecular weight is 270 g/mol. The molecule has 0 aliphatic rings. The van der Waals surface area contributed by atoms with Gasteiger partial charge < -0.3 is 5.73 Å². The number of aromatic nitrogens is 2. The van der Waals surface area contributed by atoms with Crippen LogP contribution in [0.25, 0.3) is 10.9 Å². The molecule has 6 heteroatoms. The standard InChI is InChI=1S/C14H14N4O2/c1-3-5-9-13-10(17-12(16-9)6-4-2)7-8-11(14(13)15)18(19)20/h3-4,7-8H,1-2,5-6,15H2. The smallest absolute Gasteiger partial charge is 0.292 e. The fourth-order valence-electron chi connectivity index (χ4n) is 2.03. The van der Waals surface area contributed by atoms with Crippen molar-refractivity contribution < 1.29 is 4.92 Å². The third kappa shape index (κ3) is 2.35. The number of hydrogen-bond acceptors (Lipinski definition) is 5. The maximum Gasteiger partial charge on any atom is 0.292 e. The molecule has 0 radical (unpaired) electrons. The molecule has 0 aliphatic heterocycles. The molecule has 0 aliphatic carbocycles. The number of fused-ring (bicyclic) bond motifs is 1. The molecule has 6 nitrogen and oxygen atoms in total. The highest BCUT2D eigenvalue weighted by Crippen LogP contribution is 2.31. The Balaban J connectivity index is 2.79. The Kier molecular flexibility index (Phi) is 3.74. The van der Waals surface area contributed by atoms with Gasteiger partial charge in [-0.05, 0) is 6.07 Å². The molecule has 1 heterocycles. The second-order valence-electron chi connectivity index (χ2n) is 4.22. The van der Waals surface area contributed by atoms with Gasteiger partial charge in [-0.25, -0.2) is 9.97 Å². The number of benzene rings is 1. The molecule has 102 valence electrons. The van der Waals surface area contributed by atoms with Crippen LogP contribution in [0.2, 0.25) is 0 Å². The van der Waals surface area contributed by atoms with Gasteiger partial charge in [-0.1, -0.05) is 12.2 Å². The van der Waals surface area contributed by atoms with Crippen LogP contribution in [0.5, 0.6) is 0 Å². The molecule has 0 saturated carbocycles. The molecular weight excluding hydrogens is 256 g/mol. The molecule has 1 aromatic heterocycles. The van der Waals surface area contributed by atoms with Gasteiger partial charge >= 0.3 is 0 Å². The molecule has 2 rings (SSSR count). The summed E-state index contributed by atoms with van der Waals surface area (Å²) in [4.78, 5) is 19.2. The van der Waals surface area contributed by atoms with Gasteiger partial charge in [-0.2, -0.15) is 0 Å². The van der Waals surface area contributed by atoms with E-state index in [1.54, 1.807) is 18.2 Å². The molecule has 0 amide bonds. The van der Waals surface area contributed by atoms with E-state index in [4.69, 9.17) is 5.73 Å². The highest BCUT2D eigenvalue weighted by atomic mass is 16.6. The molecule has 0 spiro atoms. The largest absolute Gasteiger partial charge is 0.393 e. The van der Waals surface area contributed by atoms with E-state index in [0.29, 0.717) is 35.3 Å². The maximum absolute atomic E-state index is 11.0. The molecule has 1 aromatic carbocycles. The van der Waals surface area contributed by atoms with Crippen molar-refractivity contribution in [1.82, 2.24) is 9.97 Å². The van der Waals surface area contributed by atoms with Crippen LogP contribution in [-0.2, 0) is 12.8 Å². The van der Waals surface area contributed by atoms with Crippen molar-refractivity contribution in [3.63, 3.8) is 0 Å². The highest BCUT2D eigenvalue weighted by Gasteiger charge is 2.18. The number of nitrogens with zero attached hydrogens (tertiary/aromatic N) is 3. The molecule has 20 heavy (non-hydrogen) atoms. The van der Waals surface area contributed by atoms with E-state index in [0.717, 1.165) is 0 Å². The summed E-state index contributed by atoms with van der Waals surface area (Å²) in [6.07, 6.45) is 4.37. The number of nitro benzene ring substituents is 1. The first-order chi connectivity index (χ1) is 9.58. The summed E-state index contributed by atoms with van der Waals surface area (Å²) >= 11 is 0. The molecule has 2 N–H and O–H groups in total. The summed E-state index contributed by atoms with van der Waals surface area (Å²) in [6, 6.07) is 2.95. The molecule has 0 unspecified atom stereocenters. The van der Waals surface area contributed by atoms with Crippen LogP contribution in [0, 0.1) is 10.1 Å². The third-order valence-corrected chi connectivity index (χ3v) is 2.86. The highest BCUT2D eigenvalue weighted by molar-refractivity contribution is 5.96. The quantitative estimate of drug-likeness (QED) is 0.390. The monoisotopic (exact) mass is 270 g/mol. The lowest BCUT2D eigenvalue weighted by molar-refractivity contribution is -0.383. The number of nitrogens with two attached hydrogens (primary N) is 1. The van der Waals surface area contributed by atoms with E-state index in [1.165, 1.54) is 6.07 Å². The van der Waals surface area contributed by atoms with Crippen LogP contribution in [-0.4, -0.2) is 14.9 Å². The first-order valence-corrected chi connectivity index (χ1v) is 6.02. The number of nitrogen functional groups attached to an aromatic ring is 1. The van der Waals surface area contributed by atoms with Crippen molar-refractivity contribution in [1.29, 1.82) is 0 Å². The molecule has 0 bridgehead atoms. The molecule has 2 aromatic rings. The van der Waals surface area contributed by atoms with Crippen LogP contribution in [0.1, 0.15) is 11.5 Å². The van der Waals surface area contributed by atoms with E-state index < -0.39 is 4.92 Å². The third-order valence-electron chi connectivity index (χ3n) is 2.86. The summed E-state index contributed by atoms with van der Waals surface area (Å²) in [5.74, 6) is 0.609. The van der Waals surface area contributed by atoms with Crippen LogP contribution < -0.4 is 5.73 Å². The molecular formula is C14H14N4O2. The van der Waals surface area contributed by atoms with Gasteiger partial charge in [0.05, 0.1) is 21.5 Å². The Bertz CT molecular complexity index is 710. The van der Waals surface area contributed by atoms with Crippen LogP contribution in [0.3, 0.4) is 0 Å². The molecule has 0 fully saturated rings. The number of hydrogen-bond donors (Lipinski definition) is 1. The number of rotatable bonds is 5. The minimum Gasteiger partial charge on any atom is -0.393 e. The SMILES string of the molecule is C=CCc1nc(CC=C)c2c(N)c([N+](=O)[O-])ccc2n1. The van der Waals surface area contributed by atoms with Crippen LogP contribution >= 0.6 is 0 Å². The van der Waals surface area contributed by atoms with Gasteiger partial charge in [0, 0.05) is 18.9 Å². The first kappa shape index (κ1) is 13.7. The summed E-state index contributed by atoms with van der Waals surface area (Å²) in [5.41, 5.74) is 7.09. The zero-order chi connectivity index (χ0) is 14.7. The van der Waals surface area contributed by atoms with E-state index in [9.17, 15) is 10.1 Å². The van der Waals surface area contributed by atoms with Gasteiger partial charge in [0.25, 0.3) is 5.69 Å².